The Hall–Kier alpha value is -0.0800. The van der Waals surface area contributed by atoms with Crippen LogP contribution in [0.3, 0.4) is 0 Å². The number of nitrogens with zero attached hydrogens (tertiary/aromatic N) is 1. The van der Waals surface area contributed by atoms with Crippen LogP contribution in [0.1, 0.15) is 41.5 Å². The highest BCUT2D eigenvalue weighted by molar-refractivity contribution is 5.09. The summed E-state index contributed by atoms with van der Waals surface area (Å²) in [5.74, 6) is 0.361. The van der Waals surface area contributed by atoms with E-state index in [2.05, 4.69) is 46.4 Å². The van der Waals surface area contributed by atoms with Crippen molar-refractivity contribution in [2.24, 2.45) is 5.92 Å². The molecule has 0 aliphatic carbocycles. The zero-order valence-electron chi connectivity index (χ0n) is 9.70. The van der Waals surface area contributed by atoms with Crippen molar-refractivity contribution in [3.05, 3.63) is 0 Å². The second-order valence-electron chi connectivity index (χ2n) is 5.54. The summed E-state index contributed by atoms with van der Waals surface area (Å²) >= 11 is 0. The molecule has 1 fully saturated rings. The van der Waals surface area contributed by atoms with Gasteiger partial charge in [0.05, 0.1) is 12.1 Å². The smallest absolute Gasteiger partial charge is 0.0733 e. The first-order valence-corrected chi connectivity index (χ1v) is 5.23. The van der Waals surface area contributed by atoms with Gasteiger partial charge >= 0.3 is 0 Å². The fraction of sp³-hybridized carbons (Fsp3) is 1.00. The molecule has 1 saturated heterocycles. The van der Waals surface area contributed by atoms with Crippen LogP contribution in [-0.4, -0.2) is 33.7 Å². The summed E-state index contributed by atoms with van der Waals surface area (Å²) in [6.07, 6.45) is -0.172. The minimum absolute atomic E-state index is 0.172. The van der Waals surface area contributed by atoms with Crippen LogP contribution >= 0.6 is 0 Å². The lowest BCUT2D eigenvalue weighted by molar-refractivity contribution is 0.0953. The van der Waals surface area contributed by atoms with Crippen molar-refractivity contribution in [3.63, 3.8) is 0 Å². The summed E-state index contributed by atoms with van der Waals surface area (Å²) in [4.78, 5) is 2.39. The maximum Gasteiger partial charge on any atom is 0.0733 e. The topological polar surface area (TPSA) is 23.2 Å². The number of aliphatic hydroxyl groups is 1. The van der Waals surface area contributed by atoms with Gasteiger partial charge in [0.2, 0.25) is 0 Å². The number of aliphatic hydroxyl groups excluding tert-OH is 1. The van der Waals surface area contributed by atoms with Gasteiger partial charge in [0.25, 0.3) is 0 Å². The molecule has 1 aliphatic rings. The Morgan fingerprint density at radius 2 is 1.69 bits per heavy atom. The molecular weight excluding hydrogens is 162 g/mol. The van der Waals surface area contributed by atoms with E-state index >= 15 is 0 Å². The second-order valence-corrected chi connectivity index (χ2v) is 5.54. The average molecular weight is 185 g/mol. The first kappa shape index (κ1) is 11.0. The lowest BCUT2D eigenvalue weighted by Crippen LogP contribution is -2.33. The first-order valence-electron chi connectivity index (χ1n) is 5.23. The lowest BCUT2D eigenvalue weighted by atomic mass is 10.0. The maximum absolute atomic E-state index is 9.93. The third kappa shape index (κ3) is 2.05. The van der Waals surface area contributed by atoms with Gasteiger partial charge in [-0.15, -0.1) is 0 Å². The average Bonchev–Trinajstić information content (AvgIpc) is 2.58. The van der Waals surface area contributed by atoms with Crippen LogP contribution < -0.4 is 0 Å². The predicted octanol–water partition coefficient (Wildman–Crippen LogP) is 1.87. The van der Waals surface area contributed by atoms with Gasteiger partial charge in [0, 0.05) is 11.6 Å². The Morgan fingerprint density at radius 1 is 1.23 bits per heavy atom. The van der Waals surface area contributed by atoms with E-state index in [1.807, 2.05) is 0 Å². The molecule has 0 aromatic carbocycles. The molecule has 1 unspecified atom stereocenters. The zero-order valence-corrected chi connectivity index (χ0v) is 9.70. The van der Waals surface area contributed by atoms with Gasteiger partial charge in [-0.05, 0) is 33.6 Å². The zero-order chi connectivity index (χ0) is 10.4. The van der Waals surface area contributed by atoms with Crippen molar-refractivity contribution in [3.8, 4) is 0 Å². The van der Waals surface area contributed by atoms with E-state index in [0.29, 0.717) is 18.0 Å². The molecule has 0 saturated carbocycles. The first-order chi connectivity index (χ1) is 5.76. The van der Waals surface area contributed by atoms with Crippen LogP contribution in [-0.2, 0) is 0 Å². The number of rotatable bonds is 2. The largest absolute Gasteiger partial charge is 0.391 e. The van der Waals surface area contributed by atoms with Crippen LogP contribution in [0.15, 0.2) is 0 Å². The van der Waals surface area contributed by atoms with Crippen molar-refractivity contribution in [1.82, 2.24) is 4.90 Å². The van der Waals surface area contributed by atoms with E-state index in [1.165, 1.54) is 0 Å². The van der Waals surface area contributed by atoms with E-state index < -0.39 is 0 Å². The van der Waals surface area contributed by atoms with Crippen molar-refractivity contribution in [2.75, 3.05) is 0 Å². The summed E-state index contributed by atoms with van der Waals surface area (Å²) in [5.41, 5.74) is 0.194. The van der Waals surface area contributed by atoms with E-state index in [1.54, 1.807) is 0 Å². The van der Waals surface area contributed by atoms with Crippen LogP contribution in [0, 0.1) is 5.92 Å². The monoisotopic (exact) mass is 185 g/mol. The number of hydrogen-bond donors (Lipinski definition) is 1. The molecular formula is C11H23NO. The van der Waals surface area contributed by atoms with Gasteiger partial charge < -0.3 is 5.11 Å². The summed E-state index contributed by atoms with van der Waals surface area (Å²) in [5, 5.41) is 9.93. The third-order valence-corrected chi connectivity index (χ3v) is 2.97. The molecule has 4 atom stereocenters. The fourth-order valence-electron chi connectivity index (χ4n) is 2.28. The molecule has 1 N–H and O–H groups in total. The molecule has 2 nitrogen and oxygen atoms in total. The van der Waals surface area contributed by atoms with Gasteiger partial charge in [-0.1, -0.05) is 13.8 Å². The molecule has 0 amide bonds. The van der Waals surface area contributed by atoms with Crippen LogP contribution in [0.4, 0.5) is 0 Å². The highest BCUT2D eigenvalue weighted by atomic mass is 16.3. The fourth-order valence-corrected chi connectivity index (χ4v) is 2.28. The Bertz CT molecular complexity index is 183. The summed E-state index contributed by atoms with van der Waals surface area (Å²) < 4.78 is 0. The summed E-state index contributed by atoms with van der Waals surface area (Å²) in [7, 11) is 0. The standard InChI is InChI=1S/C11H23NO/c1-7(2)10(13)9-8(3)12(9)11(4,5)6/h7-10,13H,1-6H3/t8-,9-,10+,12?/m0/s1. The van der Waals surface area contributed by atoms with E-state index in [4.69, 9.17) is 0 Å². The van der Waals surface area contributed by atoms with Gasteiger partial charge in [-0.25, -0.2) is 0 Å². The highest BCUT2D eigenvalue weighted by Crippen LogP contribution is 2.40. The molecule has 1 heterocycles. The van der Waals surface area contributed by atoms with Gasteiger partial charge in [0.15, 0.2) is 0 Å². The quantitative estimate of drug-likeness (QED) is 0.664. The van der Waals surface area contributed by atoms with E-state index in [-0.39, 0.29) is 11.6 Å². The van der Waals surface area contributed by atoms with Gasteiger partial charge in [0.1, 0.15) is 0 Å². The molecule has 2 heteroatoms. The Morgan fingerprint density at radius 3 is 1.92 bits per heavy atom. The maximum atomic E-state index is 9.93. The normalized spacial score (nSPS) is 36.5. The minimum Gasteiger partial charge on any atom is -0.391 e. The van der Waals surface area contributed by atoms with Crippen LogP contribution in [0.25, 0.3) is 0 Å². The highest BCUT2D eigenvalue weighted by Gasteiger charge is 2.53. The van der Waals surface area contributed by atoms with Crippen molar-refractivity contribution >= 4 is 0 Å². The minimum atomic E-state index is -0.172. The lowest BCUT2D eigenvalue weighted by Gasteiger charge is -2.24. The molecule has 1 rings (SSSR count). The van der Waals surface area contributed by atoms with Crippen molar-refractivity contribution in [2.45, 2.75) is 65.3 Å². The van der Waals surface area contributed by atoms with E-state index in [9.17, 15) is 5.11 Å². The Balaban J connectivity index is 2.58. The van der Waals surface area contributed by atoms with Gasteiger partial charge in [-0.2, -0.15) is 0 Å². The molecule has 0 bridgehead atoms. The van der Waals surface area contributed by atoms with E-state index in [0.717, 1.165) is 0 Å². The predicted molar refractivity (Wildman–Crippen MR) is 55.7 cm³/mol. The Kier molecular flexibility index (Phi) is 2.75. The Labute approximate surface area is 81.9 Å². The molecule has 1 aliphatic heterocycles. The second kappa shape index (κ2) is 3.25. The van der Waals surface area contributed by atoms with Gasteiger partial charge in [-0.3, -0.25) is 4.90 Å². The van der Waals surface area contributed by atoms with Crippen LogP contribution in [0.5, 0.6) is 0 Å². The van der Waals surface area contributed by atoms with Crippen LogP contribution in [0.2, 0.25) is 0 Å². The molecule has 0 aromatic heterocycles. The SMILES string of the molecule is CC(C)[C@@H](O)[C@@H]1[C@H](C)N1C(C)(C)C. The molecule has 0 aromatic rings. The molecule has 78 valence electrons. The van der Waals surface area contributed by atoms with Crippen molar-refractivity contribution in [1.29, 1.82) is 0 Å². The molecule has 0 spiro atoms. The molecule has 13 heavy (non-hydrogen) atoms. The third-order valence-electron chi connectivity index (χ3n) is 2.97. The number of hydrogen-bond acceptors (Lipinski definition) is 2. The van der Waals surface area contributed by atoms with Crippen molar-refractivity contribution < 1.29 is 5.11 Å². The summed E-state index contributed by atoms with van der Waals surface area (Å²) in [6.45, 7) is 13.0. The summed E-state index contributed by atoms with van der Waals surface area (Å²) in [6, 6.07) is 0.914. The molecule has 0 radical (unpaired) electrons.